The molecule has 0 atom stereocenters. The van der Waals surface area contributed by atoms with Gasteiger partial charge in [0.25, 0.3) is 0 Å². The van der Waals surface area contributed by atoms with Gasteiger partial charge in [-0.1, -0.05) is 128 Å². The van der Waals surface area contributed by atoms with Crippen molar-refractivity contribution in [2.45, 2.75) is 60.8 Å². The molecule has 0 N–H and O–H groups in total. The van der Waals surface area contributed by atoms with E-state index in [0.717, 1.165) is 0 Å². The second-order valence-corrected chi connectivity index (χ2v) is 8.24. The highest BCUT2D eigenvalue weighted by atomic mass is 14.4. The molecule has 33 heavy (non-hydrogen) atoms. The Balaban J connectivity index is 0.000000475. The zero-order chi connectivity index (χ0) is 24.2. The van der Waals surface area contributed by atoms with Crippen molar-refractivity contribution in [3.05, 3.63) is 96.1 Å². The van der Waals surface area contributed by atoms with Crippen molar-refractivity contribution < 1.29 is 0 Å². The van der Waals surface area contributed by atoms with Crippen LogP contribution in [0.5, 0.6) is 0 Å². The molecule has 0 radical (unpaired) electrons. The Bertz CT molecular complexity index is 1390. The van der Waals surface area contributed by atoms with Gasteiger partial charge in [-0.3, -0.25) is 0 Å². The van der Waals surface area contributed by atoms with Crippen LogP contribution in [0.15, 0.2) is 84.9 Å². The van der Waals surface area contributed by atoms with Crippen molar-refractivity contribution in [3.8, 4) is 11.1 Å². The average Bonchev–Trinajstić information content (AvgIpc) is 3.12. The third-order valence-electron chi connectivity index (χ3n) is 6.40. The summed E-state index contributed by atoms with van der Waals surface area (Å²) in [6.45, 7) is 16.8. The van der Waals surface area contributed by atoms with Crippen molar-refractivity contribution in [1.82, 2.24) is 0 Å². The molecule has 0 aromatic heterocycles. The smallest absolute Gasteiger partial charge is 0.0165 e. The van der Waals surface area contributed by atoms with E-state index in [4.69, 9.17) is 0 Å². The lowest BCUT2D eigenvalue weighted by Crippen LogP contribution is -2.15. The van der Waals surface area contributed by atoms with Crippen LogP contribution in [0, 0.1) is 0 Å². The highest BCUT2D eigenvalue weighted by Gasteiger charge is 2.37. The molecule has 5 aromatic rings. The molecule has 0 saturated carbocycles. The maximum absolute atomic E-state index is 2.45. The van der Waals surface area contributed by atoms with Crippen molar-refractivity contribution in [1.29, 1.82) is 0 Å². The Morgan fingerprint density at radius 3 is 1.64 bits per heavy atom. The van der Waals surface area contributed by atoms with Gasteiger partial charge in [0, 0.05) is 5.41 Å². The first-order valence-electron chi connectivity index (χ1n) is 12.6. The lowest BCUT2D eigenvalue weighted by molar-refractivity contribution is 0.667. The largest absolute Gasteiger partial charge is 0.0683 e. The van der Waals surface area contributed by atoms with E-state index >= 15 is 0 Å². The summed E-state index contributed by atoms with van der Waals surface area (Å²) >= 11 is 0. The molecular formula is C33H38. The summed E-state index contributed by atoms with van der Waals surface area (Å²) in [6, 6.07) is 31.4. The SMILES string of the molecule is CC.CC.CC.CC1(C)c2cc3c(ccc4ccccc43)cc2-c2ccc3ccccc3c21. The van der Waals surface area contributed by atoms with E-state index in [1.165, 1.54) is 54.6 Å². The molecule has 6 rings (SSSR count). The molecule has 0 fully saturated rings. The minimum absolute atomic E-state index is 0.00331. The van der Waals surface area contributed by atoms with E-state index < -0.39 is 0 Å². The first-order valence-corrected chi connectivity index (χ1v) is 12.6. The van der Waals surface area contributed by atoms with Gasteiger partial charge < -0.3 is 0 Å². The molecule has 5 aromatic carbocycles. The lowest BCUT2D eigenvalue weighted by atomic mass is 9.79. The minimum Gasteiger partial charge on any atom is -0.0683 e. The summed E-state index contributed by atoms with van der Waals surface area (Å²) in [5, 5.41) is 8.04. The van der Waals surface area contributed by atoms with E-state index in [-0.39, 0.29) is 5.41 Å². The monoisotopic (exact) mass is 434 g/mol. The van der Waals surface area contributed by atoms with Crippen molar-refractivity contribution in [2.75, 3.05) is 0 Å². The molecule has 0 bridgehead atoms. The summed E-state index contributed by atoms with van der Waals surface area (Å²) in [4.78, 5) is 0. The highest BCUT2D eigenvalue weighted by molar-refractivity contribution is 6.10. The fourth-order valence-corrected chi connectivity index (χ4v) is 5.10. The summed E-state index contributed by atoms with van der Waals surface area (Å²) in [5.41, 5.74) is 5.69. The highest BCUT2D eigenvalue weighted by Crippen LogP contribution is 2.52. The molecule has 0 unspecified atom stereocenters. The van der Waals surface area contributed by atoms with Crippen molar-refractivity contribution >= 4 is 32.3 Å². The maximum Gasteiger partial charge on any atom is 0.0165 e. The summed E-state index contributed by atoms with van der Waals surface area (Å²) < 4.78 is 0. The molecule has 1 aliphatic carbocycles. The topological polar surface area (TPSA) is 0 Å². The van der Waals surface area contributed by atoms with Crippen LogP contribution in [0.2, 0.25) is 0 Å². The summed E-state index contributed by atoms with van der Waals surface area (Å²) in [7, 11) is 0. The van der Waals surface area contributed by atoms with Gasteiger partial charge in [0.1, 0.15) is 0 Å². The Labute approximate surface area is 200 Å². The van der Waals surface area contributed by atoms with Crippen LogP contribution in [0.3, 0.4) is 0 Å². The predicted molar refractivity (Wildman–Crippen MR) is 151 cm³/mol. The van der Waals surface area contributed by atoms with Gasteiger partial charge in [-0.2, -0.15) is 0 Å². The average molecular weight is 435 g/mol. The van der Waals surface area contributed by atoms with Crippen LogP contribution >= 0.6 is 0 Å². The maximum atomic E-state index is 2.45. The van der Waals surface area contributed by atoms with Gasteiger partial charge in [0.2, 0.25) is 0 Å². The fourth-order valence-electron chi connectivity index (χ4n) is 5.10. The number of benzene rings is 5. The van der Waals surface area contributed by atoms with Crippen LogP contribution in [0.1, 0.15) is 66.5 Å². The Morgan fingerprint density at radius 2 is 0.970 bits per heavy atom. The van der Waals surface area contributed by atoms with Gasteiger partial charge >= 0.3 is 0 Å². The van der Waals surface area contributed by atoms with Gasteiger partial charge in [-0.25, -0.2) is 0 Å². The van der Waals surface area contributed by atoms with E-state index in [1.807, 2.05) is 41.5 Å². The Hall–Kier alpha value is -3.12. The molecule has 0 aliphatic heterocycles. The zero-order valence-corrected chi connectivity index (χ0v) is 21.6. The van der Waals surface area contributed by atoms with Gasteiger partial charge in [-0.05, 0) is 66.7 Å². The molecule has 0 spiro atoms. The van der Waals surface area contributed by atoms with Crippen molar-refractivity contribution in [3.63, 3.8) is 0 Å². The summed E-state index contributed by atoms with van der Waals surface area (Å²) in [6.07, 6.45) is 0. The minimum atomic E-state index is -0.00331. The number of rotatable bonds is 0. The van der Waals surface area contributed by atoms with Gasteiger partial charge in [0.05, 0.1) is 0 Å². The van der Waals surface area contributed by atoms with E-state index in [0.29, 0.717) is 0 Å². The van der Waals surface area contributed by atoms with Crippen LogP contribution in [0.4, 0.5) is 0 Å². The molecule has 0 amide bonds. The normalized spacial score (nSPS) is 12.5. The van der Waals surface area contributed by atoms with Gasteiger partial charge in [-0.15, -0.1) is 0 Å². The van der Waals surface area contributed by atoms with Crippen molar-refractivity contribution in [2.24, 2.45) is 0 Å². The quantitative estimate of drug-likeness (QED) is 0.213. The van der Waals surface area contributed by atoms with E-state index in [1.54, 1.807) is 0 Å². The molecule has 0 nitrogen and oxygen atoms in total. The zero-order valence-electron chi connectivity index (χ0n) is 21.6. The molecular weight excluding hydrogens is 396 g/mol. The van der Waals surface area contributed by atoms with Crippen LogP contribution in [-0.2, 0) is 5.41 Å². The predicted octanol–water partition coefficient (Wildman–Crippen LogP) is 10.5. The Morgan fingerprint density at radius 1 is 0.455 bits per heavy atom. The van der Waals surface area contributed by atoms with Crippen LogP contribution in [0.25, 0.3) is 43.4 Å². The first-order chi connectivity index (χ1) is 16.1. The summed E-state index contributed by atoms with van der Waals surface area (Å²) in [5.74, 6) is 0. The standard InChI is InChI=1S/C27H20.3C2H6/c1-27(2)25-16-23-19(12-11-17-7-3-5-9-20(17)23)15-24(25)22-14-13-18-8-4-6-10-21(18)26(22)27;3*1-2/h3-16H,1-2H3;3*1-2H3. The molecule has 0 heterocycles. The molecule has 1 aliphatic rings. The van der Waals surface area contributed by atoms with E-state index in [9.17, 15) is 0 Å². The number of fused-ring (bicyclic) bond motifs is 8. The third-order valence-corrected chi connectivity index (χ3v) is 6.40. The van der Waals surface area contributed by atoms with Crippen LogP contribution in [-0.4, -0.2) is 0 Å². The molecule has 0 heteroatoms. The van der Waals surface area contributed by atoms with Crippen LogP contribution < -0.4 is 0 Å². The molecule has 0 saturated heterocycles. The second-order valence-electron chi connectivity index (χ2n) is 8.24. The Kier molecular flexibility index (Phi) is 7.59. The first kappa shape index (κ1) is 24.5. The second kappa shape index (κ2) is 10.2. The number of hydrogen-bond acceptors (Lipinski definition) is 0. The lowest BCUT2D eigenvalue weighted by Gasteiger charge is -2.23. The van der Waals surface area contributed by atoms with Gasteiger partial charge in [0.15, 0.2) is 0 Å². The molecule has 170 valence electrons. The number of hydrogen-bond donors (Lipinski definition) is 0. The third kappa shape index (κ3) is 3.93. The van der Waals surface area contributed by atoms with E-state index in [2.05, 4.69) is 98.8 Å². The fraction of sp³-hybridized carbons (Fsp3) is 0.273.